The van der Waals surface area contributed by atoms with Gasteiger partial charge in [-0.05, 0) is 61.4 Å². The van der Waals surface area contributed by atoms with Gasteiger partial charge in [-0.2, -0.15) is 0 Å². The van der Waals surface area contributed by atoms with Crippen molar-refractivity contribution in [2.75, 3.05) is 11.1 Å². The number of carbonyl (C=O) groups is 2. The highest BCUT2D eigenvalue weighted by atomic mass is 35.5. The SMILES string of the molecule is CCS(=O)(=O)c1ccc(CC(=O)Nc2ccc(C(=O)C(C)(C)c3ccc(Cl)cc3)cn2)cc1. The van der Waals surface area contributed by atoms with Crippen molar-refractivity contribution >= 4 is 38.9 Å². The molecule has 0 saturated carbocycles. The quantitative estimate of drug-likeness (QED) is 0.460. The number of hydrogen-bond acceptors (Lipinski definition) is 5. The minimum Gasteiger partial charge on any atom is -0.310 e. The van der Waals surface area contributed by atoms with E-state index >= 15 is 0 Å². The molecule has 6 nitrogen and oxygen atoms in total. The second-order valence-corrected chi connectivity index (χ2v) is 10.9. The van der Waals surface area contributed by atoms with E-state index in [1.807, 2.05) is 26.0 Å². The fraction of sp³-hybridized carbons (Fsp3) is 0.240. The molecule has 1 amide bonds. The van der Waals surface area contributed by atoms with Crippen molar-refractivity contribution in [3.8, 4) is 0 Å². The Hall–Kier alpha value is -3.03. The highest BCUT2D eigenvalue weighted by Crippen LogP contribution is 2.28. The van der Waals surface area contributed by atoms with Crippen molar-refractivity contribution in [2.45, 2.75) is 37.5 Å². The molecule has 3 aromatic rings. The maximum atomic E-state index is 13.0. The second-order valence-electron chi connectivity index (χ2n) is 8.17. The highest BCUT2D eigenvalue weighted by molar-refractivity contribution is 7.91. The molecule has 1 heterocycles. The zero-order valence-electron chi connectivity index (χ0n) is 18.6. The summed E-state index contributed by atoms with van der Waals surface area (Å²) in [5.74, 6) is -0.0500. The predicted molar refractivity (Wildman–Crippen MR) is 130 cm³/mol. The van der Waals surface area contributed by atoms with Gasteiger partial charge in [0.1, 0.15) is 5.82 Å². The summed E-state index contributed by atoms with van der Waals surface area (Å²) in [6.07, 6.45) is 1.51. The lowest BCUT2D eigenvalue weighted by Crippen LogP contribution is -2.29. The number of anilines is 1. The average Bonchev–Trinajstić information content (AvgIpc) is 2.79. The van der Waals surface area contributed by atoms with Crippen molar-refractivity contribution in [2.24, 2.45) is 0 Å². The monoisotopic (exact) mass is 484 g/mol. The number of amides is 1. The van der Waals surface area contributed by atoms with E-state index in [0.717, 1.165) is 5.56 Å². The van der Waals surface area contributed by atoms with Crippen LogP contribution in [0.3, 0.4) is 0 Å². The Balaban J connectivity index is 1.65. The summed E-state index contributed by atoms with van der Waals surface area (Å²) in [5.41, 5.74) is 1.18. The number of halogens is 1. The number of aromatic nitrogens is 1. The van der Waals surface area contributed by atoms with Crippen molar-refractivity contribution in [1.29, 1.82) is 0 Å². The van der Waals surface area contributed by atoms with Gasteiger partial charge in [-0.1, -0.05) is 42.8 Å². The number of Topliss-reactive ketones (excluding diaryl/α,β-unsaturated/α-hetero) is 1. The summed E-state index contributed by atoms with van der Waals surface area (Å²) in [6, 6.07) is 16.6. The molecule has 0 spiro atoms. The average molecular weight is 485 g/mol. The Morgan fingerprint density at radius 1 is 0.970 bits per heavy atom. The minimum atomic E-state index is -3.28. The number of carbonyl (C=O) groups excluding carboxylic acids is 2. The van der Waals surface area contributed by atoms with Crippen molar-refractivity contribution in [3.05, 3.63) is 88.6 Å². The molecule has 2 aromatic carbocycles. The number of benzene rings is 2. The third-order valence-electron chi connectivity index (χ3n) is 5.45. The number of sulfone groups is 1. The summed E-state index contributed by atoms with van der Waals surface area (Å²) in [5, 5.41) is 3.30. The van der Waals surface area contributed by atoms with E-state index in [1.165, 1.54) is 18.3 Å². The lowest BCUT2D eigenvalue weighted by atomic mass is 9.78. The molecular weight excluding hydrogens is 460 g/mol. The van der Waals surface area contributed by atoms with Crippen LogP contribution in [0.2, 0.25) is 5.02 Å². The number of rotatable bonds is 8. The van der Waals surface area contributed by atoms with Crippen molar-refractivity contribution in [1.82, 2.24) is 4.98 Å². The molecule has 0 radical (unpaired) electrons. The van der Waals surface area contributed by atoms with Crippen LogP contribution in [-0.2, 0) is 26.5 Å². The molecule has 0 aliphatic heterocycles. The molecule has 33 heavy (non-hydrogen) atoms. The summed E-state index contributed by atoms with van der Waals surface area (Å²) in [4.78, 5) is 29.8. The first-order valence-corrected chi connectivity index (χ1v) is 12.4. The lowest BCUT2D eigenvalue weighted by Gasteiger charge is -2.23. The maximum Gasteiger partial charge on any atom is 0.229 e. The Bertz CT molecular complexity index is 1250. The standard InChI is InChI=1S/C25H25ClN2O4S/c1-4-33(31,32)21-12-5-17(6-13-21)15-23(29)28-22-14-7-18(16-27-22)24(30)25(2,3)19-8-10-20(26)11-9-19/h5-14,16H,4,15H2,1-3H3,(H,27,28,29). The number of nitrogens with zero attached hydrogens (tertiary/aromatic N) is 1. The largest absolute Gasteiger partial charge is 0.310 e. The summed E-state index contributed by atoms with van der Waals surface area (Å²) in [7, 11) is -3.28. The maximum absolute atomic E-state index is 13.0. The Morgan fingerprint density at radius 3 is 2.15 bits per heavy atom. The second kappa shape index (κ2) is 9.85. The fourth-order valence-electron chi connectivity index (χ4n) is 3.31. The van der Waals surface area contributed by atoms with Crippen LogP contribution in [0, 0.1) is 0 Å². The molecule has 0 saturated heterocycles. The van der Waals surface area contributed by atoms with Gasteiger partial charge < -0.3 is 5.32 Å². The van der Waals surface area contributed by atoms with Crippen molar-refractivity contribution < 1.29 is 18.0 Å². The number of pyridine rings is 1. The van der Waals surface area contributed by atoms with Gasteiger partial charge >= 0.3 is 0 Å². The van der Waals surface area contributed by atoms with Crippen LogP contribution >= 0.6 is 11.6 Å². The molecule has 1 N–H and O–H groups in total. The van der Waals surface area contributed by atoms with E-state index in [0.29, 0.717) is 22.0 Å². The summed E-state index contributed by atoms with van der Waals surface area (Å²) < 4.78 is 23.8. The molecule has 0 aliphatic rings. The molecule has 3 rings (SSSR count). The highest BCUT2D eigenvalue weighted by Gasteiger charge is 2.30. The number of ketones is 1. The van der Waals surface area contributed by atoms with Crippen LogP contribution in [0.15, 0.2) is 71.8 Å². The first-order valence-electron chi connectivity index (χ1n) is 10.4. The van der Waals surface area contributed by atoms with E-state index in [4.69, 9.17) is 11.6 Å². The van der Waals surface area contributed by atoms with E-state index in [1.54, 1.807) is 43.3 Å². The Kier molecular flexibility index (Phi) is 7.34. The first kappa shape index (κ1) is 24.6. The van der Waals surface area contributed by atoms with Crippen LogP contribution in [0.4, 0.5) is 5.82 Å². The Labute approximate surface area is 198 Å². The van der Waals surface area contributed by atoms with Crippen LogP contribution in [0.25, 0.3) is 0 Å². The zero-order chi connectivity index (χ0) is 24.2. The molecule has 0 atom stereocenters. The van der Waals surface area contributed by atoms with E-state index < -0.39 is 15.3 Å². The van der Waals surface area contributed by atoms with Crippen LogP contribution in [-0.4, -0.2) is 30.8 Å². The van der Waals surface area contributed by atoms with Gasteiger partial charge in [-0.15, -0.1) is 0 Å². The van der Waals surface area contributed by atoms with Gasteiger partial charge in [0.2, 0.25) is 5.91 Å². The van der Waals surface area contributed by atoms with Gasteiger partial charge in [0, 0.05) is 16.8 Å². The van der Waals surface area contributed by atoms with Crippen LogP contribution < -0.4 is 5.32 Å². The number of hydrogen-bond donors (Lipinski definition) is 1. The smallest absolute Gasteiger partial charge is 0.229 e. The van der Waals surface area contributed by atoms with Gasteiger partial charge in [0.25, 0.3) is 0 Å². The molecule has 0 unspecified atom stereocenters. The van der Waals surface area contributed by atoms with Crippen molar-refractivity contribution in [3.63, 3.8) is 0 Å². The van der Waals surface area contributed by atoms with E-state index in [2.05, 4.69) is 10.3 Å². The van der Waals surface area contributed by atoms with E-state index in [9.17, 15) is 18.0 Å². The molecule has 0 aliphatic carbocycles. The van der Waals surface area contributed by atoms with Crippen LogP contribution in [0.1, 0.15) is 42.3 Å². The van der Waals surface area contributed by atoms with Crippen LogP contribution in [0.5, 0.6) is 0 Å². The molecule has 172 valence electrons. The molecule has 0 fully saturated rings. The summed E-state index contributed by atoms with van der Waals surface area (Å²) >= 11 is 5.95. The zero-order valence-corrected chi connectivity index (χ0v) is 20.2. The topological polar surface area (TPSA) is 93.2 Å². The Morgan fingerprint density at radius 2 is 1.61 bits per heavy atom. The minimum absolute atomic E-state index is 0.0217. The molecule has 8 heteroatoms. The van der Waals surface area contributed by atoms with Gasteiger partial charge in [-0.3, -0.25) is 9.59 Å². The van der Waals surface area contributed by atoms with Gasteiger partial charge in [-0.25, -0.2) is 13.4 Å². The normalized spacial score (nSPS) is 11.8. The molecular formula is C25H25ClN2O4S. The third kappa shape index (κ3) is 5.86. The lowest BCUT2D eigenvalue weighted by molar-refractivity contribution is -0.115. The third-order valence-corrected chi connectivity index (χ3v) is 7.46. The predicted octanol–water partition coefficient (Wildman–Crippen LogP) is 4.87. The molecule has 1 aromatic heterocycles. The first-order chi connectivity index (χ1) is 15.5. The fourth-order valence-corrected chi connectivity index (χ4v) is 4.32. The summed E-state index contributed by atoms with van der Waals surface area (Å²) in [6.45, 7) is 5.26. The molecule has 0 bridgehead atoms. The van der Waals surface area contributed by atoms with Gasteiger partial charge in [0.05, 0.1) is 22.5 Å². The van der Waals surface area contributed by atoms with Gasteiger partial charge in [0.15, 0.2) is 15.6 Å². The number of nitrogens with one attached hydrogen (secondary N) is 1. The van der Waals surface area contributed by atoms with E-state index in [-0.39, 0.29) is 28.8 Å².